The Morgan fingerprint density at radius 3 is 2.90 bits per heavy atom. The summed E-state index contributed by atoms with van der Waals surface area (Å²) < 4.78 is 11.8. The molecule has 0 saturated heterocycles. The van der Waals surface area contributed by atoms with Crippen molar-refractivity contribution in [1.29, 1.82) is 0 Å². The van der Waals surface area contributed by atoms with Crippen molar-refractivity contribution in [2.24, 2.45) is 0 Å². The van der Waals surface area contributed by atoms with Gasteiger partial charge in [-0.2, -0.15) is 0 Å². The molecule has 1 fully saturated rings. The third kappa shape index (κ3) is 2.16. The number of hydrogen-bond donors (Lipinski definition) is 0. The van der Waals surface area contributed by atoms with Crippen LogP contribution in [0.15, 0.2) is 46.9 Å². The van der Waals surface area contributed by atoms with Crippen LogP contribution in [0.25, 0.3) is 11.0 Å². The second-order valence-electron chi connectivity index (χ2n) is 5.07. The zero-order valence-electron chi connectivity index (χ0n) is 10.7. The molecule has 0 aliphatic heterocycles. The average Bonchev–Trinajstić information content (AvgIpc) is 3.19. The van der Waals surface area contributed by atoms with E-state index in [1.165, 1.54) is 12.8 Å². The van der Waals surface area contributed by atoms with E-state index in [1.54, 1.807) is 12.1 Å². The van der Waals surface area contributed by atoms with Crippen molar-refractivity contribution in [3.63, 3.8) is 0 Å². The number of benzene rings is 2. The van der Waals surface area contributed by atoms with Crippen molar-refractivity contribution in [3.05, 3.63) is 59.3 Å². The van der Waals surface area contributed by atoms with Crippen molar-refractivity contribution >= 4 is 22.6 Å². The molecule has 1 aromatic heterocycles. The van der Waals surface area contributed by atoms with Crippen LogP contribution in [0.1, 0.15) is 24.5 Å². The van der Waals surface area contributed by atoms with Crippen molar-refractivity contribution in [3.8, 4) is 11.5 Å². The minimum atomic E-state index is 0.535. The lowest BCUT2D eigenvalue weighted by Crippen LogP contribution is -1.84. The third-order valence-electron chi connectivity index (χ3n) is 3.47. The molecule has 20 heavy (non-hydrogen) atoms. The summed E-state index contributed by atoms with van der Waals surface area (Å²) in [7, 11) is 0. The average molecular weight is 284 g/mol. The standard InChI is InChI=1S/C17H12ClO2/c18-13-4-2-5-14(10-13)19-15-6-1-3-12-9-16(11-7-8-11)20-17(12)15/h1-3,5-6,9-11H,7-8H2. The molecule has 2 nitrogen and oxygen atoms in total. The lowest BCUT2D eigenvalue weighted by Gasteiger charge is -2.06. The van der Waals surface area contributed by atoms with Crippen LogP contribution in [0.4, 0.5) is 0 Å². The molecule has 1 radical (unpaired) electrons. The molecular weight excluding hydrogens is 272 g/mol. The van der Waals surface area contributed by atoms with Gasteiger partial charge in [0.25, 0.3) is 0 Å². The van der Waals surface area contributed by atoms with E-state index in [0.717, 1.165) is 22.5 Å². The highest BCUT2D eigenvalue weighted by Gasteiger charge is 2.27. The first-order valence-corrected chi connectivity index (χ1v) is 7.05. The molecule has 2 aromatic carbocycles. The molecule has 0 N–H and O–H groups in total. The van der Waals surface area contributed by atoms with Crippen LogP contribution in [-0.2, 0) is 0 Å². The zero-order valence-corrected chi connectivity index (χ0v) is 11.5. The summed E-state index contributed by atoms with van der Waals surface area (Å²) in [6, 6.07) is 16.2. The van der Waals surface area contributed by atoms with Gasteiger partial charge in [0.2, 0.25) is 0 Å². The Morgan fingerprint density at radius 2 is 2.10 bits per heavy atom. The van der Waals surface area contributed by atoms with Crippen LogP contribution in [0, 0.1) is 6.07 Å². The van der Waals surface area contributed by atoms with Gasteiger partial charge >= 0.3 is 0 Å². The molecule has 1 saturated carbocycles. The summed E-state index contributed by atoms with van der Waals surface area (Å²) in [5.74, 6) is 3.06. The summed E-state index contributed by atoms with van der Waals surface area (Å²) in [4.78, 5) is 0. The molecule has 0 bridgehead atoms. The summed E-state index contributed by atoms with van der Waals surface area (Å²) in [6.45, 7) is 0. The Hall–Kier alpha value is -1.93. The summed E-state index contributed by atoms with van der Waals surface area (Å²) in [5.41, 5.74) is 0.804. The van der Waals surface area contributed by atoms with E-state index < -0.39 is 0 Å². The fourth-order valence-corrected chi connectivity index (χ4v) is 2.48. The Kier molecular flexibility index (Phi) is 2.71. The first kappa shape index (κ1) is 11.9. The molecular formula is C17H12ClO2. The van der Waals surface area contributed by atoms with Crippen LogP contribution in [0.3, 0.4) is 0 Å². The largest absolute Gasteiger partial charge is 0.457 e. The Balaban J connectivity index is 1.75. The lowest BCUT2D eigenvalue weighted by atomic mass is 10.2. The molecule has 99 valence electrons. The lowest BCUT2D eigenvalue weighted by molar-refractivity contribution is 0.465. The summed E-state index contributed by atoms with van der Waals surface area (Å²) in [6.07, 6.45) is 2.44. The number of fused-ring (bicyclic) bond motifs is 1. The van der Waals surface area contributed by atoms with E-state index in [-0.39, 0.29) is 0 Å². The maximum atomic E-state index is 5.96. The maximum Gasteiger partial charge on any atom is 0.176 e. The number of halogens is 1. The summed E-state index contributed by atoms with van der Waals surface area (Å²) in [5, 5.41) is 1.62. The molecule has 1 aliphatic rings. The highest BCUT2D eigenvalue weighted by molar-refractivity contribution is 6.30. The minimum Gasteiger partial charge on any atom is -0.457 e. The van der Waals surface area contributed by atoms with E-state index in [0.29, 0.717) is 16.7 Å². The zero-order chi connectivity index (χ0) is 13.5. The quantitative estimate of drug-likeness (QED) is 0.628. The first-order valence-electron chi connectivity index (χ1n) is 6.67. The van der Waals surface area contributed by atoms with Crippen LogP contribution in [0.5, 0.6) is 11.5 Å². The fourth-order valence-electron chi connectivity index (χ4n) is 2.31. The predicted molar refractivity (Wildman–Crippen MR) is 78.6 cm³/mol. The van der Waals surface area contributed by atoms with Gasteiger partial charge < -0.3 is 9.15 Å². The van der Waals surface area contributed by atoms with E-state index in [1.807, 2.05) is 24.3 Å². The van der Waals surface area contributed by atoms with E-state index >= 15 is 0 Å². The van der Waals surface area contributed by atoms with Gasteiger partial charge in [-0.05, 0) is 37.1 Å². The Morgan fingerprint density at radius 1 is 1.20 bits per heavy atom. The fraction of sp³-hybridized carbons (Fsp3) is 0.176. The smallest absolute Gasteiger partial charge is 0.176 e. The van der Waals surface area contributed by atoms with Crippen LogP contribution >= 0.6 is 11.6 Å². The molecule has 3 heteroatoms. The SMILES string of the molecule is Clc1[c]ccc(Oc2cccc3cc(C4CC4)oc23)c1. The van der Waals surface area contributed by atoms with Crippen molar-refractivity contribution in [2.45, 2.75) is 18.8 Å². The van der Waals surface area contributed by atoms with Gasteiger partial charge in [-0.15, -0.1) is 0 Å². The highest BCUT2D eigenvalue weighted by atomic mass is 35.5. The molecule has 0 unspecified atom stereocenters. The summed E-state index contributed by atoms with van der Waals surface area (Å²) >= 11 is 5.92. The number of hydrogen-bond acceptors (Lipinski definition) is 2. The maximum absolute atomic E-state index is 5.96. The van der Waals surface area contributed by atoms with E-state index in [2.05, 4.69) is 12.1 Å². The van der Waals surface area contributed by atoms with Crippen LogP contribution in [0.2, 0.25) is 5.02 Å². The number of rotatable bonds is 3. The van der Waals surface area contributed by atoms with Gasteiger partial charge in [0.05, 0.1) is 5.02 Å². The topological polar surface area (TPSA) is 22.4 Å². The molecule has 1 heterocycles. The van der Waals surface area contributed by atoms with E-state index in [4.69, 9.17) is 20.8 Å². The monoisotopic (exact) mass is 283 g/mol. The third-order valence-corrected chi connectivity index (χ3v) is 3.69. The Labute approximate surface area is 121 Å². The van der Waals surface area contributed by atoms with Gasteiger partial charge in [-0.25, -0.2) is 0 Å². The predicted octanol–water partition coefficient (Wildman–Crippen LogP) is 5.56. The number of furan rings is 1. The number of ether oxygens (including phenoxy) is 1. The molecule has 3 aromatic rings. The van der Waals surface area contributed by atoms with E-state index in [9.17, 15) is 0 Å². The van der Waals surface area contributed by atoms with Gasteiger partial charge in [-0.3, -0.25) is 0 Å². The highest BCUT2D eigenvalue weighted by Crippen LogP contribution is 2.44. The molecule has 1 aliphatic carbocycles. The number of para-hydroxylation sites is 1. The van der Waals surface area contributed by atoms with Crippen LogP contribution in [-0.4, -0.2) is 0 Å². The van der Waals surface area contributed by atoms with Crippen molar-refractivity contribution in [1.82, 2.24) is 0 Å². The van der Waals surface area contributed by atoms with Gasteiger partial charge in [0, 0.05) is 23.4 Å². The minimum absolute atomic E-state index is 0.535. The Bertz CT molecular complexity index is 772. The molecule has 4 rings (SSSR count). The first-order chi connectivity index (χ1) is 9.79. The van der Waals surface area contributed by atoms with Gasteiger partial charge in [0.15, 0.2) is 11.3 Å². The van der Waals surface area contributed by atoms with Crippen molar-refractivity contribution < 1.29 is 9.15 Å². The molecule has 0 amide bonds. The van der Waals surface area contributed by atoms with Gasteiger partial charge in [-0.1, -0.05) is 23.7 Å². The second kappa shape index (κ2) is 4.57. The molecule has 0 spiro atoms. The van der Waals surface area contributed by atoms with Gasteiger partial charge in [0.1, 0.15) is 11.5 Å². The second-order valence-corrected chi connectivity index (χ2v) is 5.48. The van der Waals surface area contributed by atoms with Crippen molar-refractivity contribution in [2.75, 3.05) is 0 Å². The van der Waals surface area contributed by atoms with Crippen LogP contribution < -0.4 is 4.74 Å². The normalized spacial score (nSPS) is 14.7. The molecule has 0 atom stereocenters.